The van der Waals surface area contributed by atoms with Crippen molar-refractivity contribution < 1.29 is 9.53 Å². The average molecular weight is 285 g/mol. The lowest BCUT2D eigenvalue weighted by Gasteiger charge is -2.16. The standard InChI is InChI=1S/C14H21ClN2O2/c1-9(2)10(3)19-7-6-14(18)17-13-5-4-11(15)8-12(13)16/h4-5,8-10H,6-7,16H2,1-3H3,(H,17,18). The highest BCUT2D eigenvalue weighted by Gasteiger charge is 2.09. The molecule has 0 fully saturated rings. The van der Waals surface area contributed by atoms with Gasteiger partial charge in [0.2, 0.25) is 5.91 Å². The van der Waals surface area contributed by atoms with Crippen LogP contribution < -0.4 is 11.1 Å². The van der Waals surface area contributed by atoms with Crippen LogP contribution in [-0.4, -0.2) is 18.6 Å². The van der Waals surface area contributed by atoms with E-state index < -0.39 is 0 Å². The zero-order valence-corrected chi connectivity index (χ0v) is 12.3. The van der Waals surface area contributed by atoms with Gasteiger partial charge in [-0.15, -0.1) is 0 Å². The molecule has 0 bridgehead atoms. The Hall–Kier alpha value is -1.26. The molecule has 4 nitrogen and oxygen atoms in total. The van der Waals surface area contributed by atoms with E-state index in [1.165, 1.54) is 0 Å². The SMILES string of the molecule is CC(C)C(C)OCCC(=O)Nc1ccc(Cl)cc1N. The molecule has 1 aromatic rings. The number of carbonyl (C=O) groups excluding carboxylic acids is 1. The molecule has 0 aromatic heterocycles. The molecule has 0 heterocycles. The molecule has 19 heavy (non-hydrogen) atoms. The van der Waals surface area contributed by atoms with Crippen LogP contribution in [0, 0.1) is 5.92 Å². The van der Waals surface area contributed by atoms with Gasteiger partial charge in [0.05, 0.1) is 30.5 Å². The second-order valence-corrected chi connectivity index (χ2v) is 5.29. The van der Waals surface area contributed by atoms with Gasteiger partial charge in [-0.1, -0.05) is 25.4 Å². The van der Waals surface area contributed by atoms with Gasteiger partial charge in [0.1, 0.15) is 0 Å². The van der Waals surface area contributed by atoms with Crippen molar-refractivity contribution in [3.63, 3.8) is 0 Å². The first kappa shape index (κ1) is 15.8. The molecule has 106 valence electrons. The summed E-state index contributed by atoms with van der Waals surface area (Å²) in [6.45, 7) is 6.57. The van der Waals surface area contributed by atoms with Crippen LogP contribution in [-0.2, 0) is 9.53 Å². The normalized spacial score (nSPS) is 12.5. The van der Waals surface area contributed by atoms with Crippen LogP contribution in [0.4, 0.5) is 11.4 Å². The fourth-order valence-electron chi connectivity index (χ4n) is 1.39. The van der Waals surface area contributed by atoms with E-state index in [1.807, 2.05) is 6.92 Å². The van der Waals surface area contributed by atoms with E-state index in [2.05, 4.69) is 19.2 Å². The molecule has 0 saturated heterocycles. The molecule has 1 amide bonds. The van der Waals surface area contributed by atoms with Crippen LogP contribution in [0.2, 0.25) is 5.02 Å². The fraction of sp³-hybridized carbons (Fsp3) is 0.500. The second kappa shape index (κ2) is 7.36. The van der Waals surface area contributed by atoms with E-state index in [0.29, 0.717) is 35.3 Å². The van der Waals surface area contributed by atoms with Crippen LogP contribution in [0.3, 0.4) is 0 Å². The number of nitrogen functional groups attached to an aromatic ring is 1. The molecule has 0 saturated carbocycles. The average Bonchev–Trinajstić information content (AvgIpc) is 2.32. The Bertz CT molecular complexity index is 435. The Balaban J connectivity index is 2.39. The maximum Gasteiger partial charge on any atom is 0.226 e. The monoisotopic (exact) mass is 284 g/mol. The summed E-state index contributed by atoms with van der Waals surface area (Å²) in [5, 5.41) is 3.28. The van der Waals surface area contributed by atoms with Crippen LogP contribution in [0.25, 0.3) is 0 Å². The highest BCUT2D eigenvalue weighted by atomic mass is 35.5. The van der Waals surface area contributed by atoms with Gasteiger partial charge < -0.3 is 15.8 Å². The number of rotatable bonds is 6. The number of benzene rings is 1. The molecule has 0 radical (unpaired) electrons. The van der Waals surface area contributed by atoms with E-state index in [1.54, 1.807) is 18.2 Å². The third-order valence-corrected chi connectivity index (χ3v) is 3.17. The molecule has 1 aromatic carbocycles. The third kappa shape index (κ3) is 5.49. The lowest BCUT2D eigenvalue weighted by molar-refractivity contribution is -0.117. The molecular formula is C14H21ClN2O2. The Kier molecular flexibility index (Phi) is 6.12. The Morgan fingerprint density at radius 2 is 2.11 bits per heavy atom. The minimum atomic E-state index is -0.120. The van der Waals surface area contributed by atoms with Crippen LogP contribution >= 0.6 is 11.6 Å². The van der Waals surface area contributed by atoms with Crippen molar-refractivity contribution in [2.75, 3.05) is 17.7 Å². The van der Waals surface area contributed by atoms with Crippen molar-refractivity contribution >= 4 is 28.9 Å². The summed E-state index contributed by atoms with van der Waals surface area (Å²) in [6.07, 6.45) is 0.451. The van der Waals surface area contributed by atoms with Crippen molar-refractivity contribution in [1.29, 1.82) is 0 Å². The van der Waals surface area contributed by atoms with Gasteiger partial charge in [0.15, 0.2) is 0 Å². The molecule has 1 rings (SSSR count). The molecule has 0 aliphatic rings. The first-order chi connectivity index (χ1) is 8.90. The zero-order valence-electron chi connectivity index (χ0n) is 11.6. The summed E-state index contributed by atoms with van der Waals surface area (Å²) in [5.74, 6) is 0.319. The predicted molar refractivity (Wildman–Crippen MR) is 79.4 cm³/mol. The molecule has 0 aliphatic heterocycles. The predicted octanol–water partition coefficient (Wildman–Crippen LogP) is 3.31. The summed E-state index contributed by atoms with van der Waals surface area (Å²) >= 11 is 5.79. The number of carbonyl (C=O) groups is 1. The van der Waals surface area contributed by atoms with Crippen molar-refractivity contribution in [2.45, 2.75) is 33.3 Å². The number of anilines is 2. The van der Waals surface area contributed by atoms with Gasteiger partial charge in [0, 0.05) is 5.02 Å². The summed E-state index contributed by atoms with van der Waals surface area (Å²) in [5.41, 5.74) is 6.79. The molecule has 3 N–H and O–H groups in total. The maximum atomic E-state index is 11.7. The van der Waals surface area contributed by atoms with E-state index in [4.69, 9.17) is 22.1 Å². The third-order valence-electron chi connectivity index (χ3n) is 2.94. The van der Waals surface area contributed by atoms with Gasteiger partial charge in [-0.25, -0.2) is 0 Å². The highest BCUT2D eigenvalue weighted by molar-refractivity contribution is 6.31. The minimum absolute atomic E-state index is 0.120. The summed E-state index contributed by atoms with van der Waals surface area (Å²) in [4.78, 5) is 11.7. The quantitative estimate of drug-likeness (QED) is 0.788. The largest absolute Gasteiger partial charge is 0.397 e. The van der Waals surface area contributed by atoms with Crippen LogP contribution in [0.5, 0.6) is 0 Å². The molecule has 5 heteroatoms. The Morgan fingerprint density at radius 3 is 2.68 bits per heavy atom. The van der Waals surface area contributed by atoms with Crippen LogP contribution in [0.1, 0.15) is 27.2 Å². The number of ether oxygens (including phenoxy) is 1. The number of amides is 1. The summed E-state index contributed by atoms with van der Waals surface area (Å²) in [6, 6.07) is 4.98. The van der Waals surface area contributed by atoms with Crippen molar-refractivity contribution in [1.82, 2.24) is 0 Å². The maximum absolute atomic E-state index is 11.7. The van der Waals surface area contributed by atoms with Gasteiger partial charge in [-0.3, -0.25) is 4.79 Å². The van der Waals surface area contributed by atoms with Gasteiger partial charge in [-0.2, -0.15) is 0 Å². The van der Waals surface area contributed by atoms with E-state index in [0.717, 1.165) is 0 Å². The summed E-state index contributed by atoms with van der Waals surface area (Å²) < 4.78 is 5.55. The number of nitrogens with one attached hydrogen (secondary N) is 1. The van der Waals surface area contributed by atoms with Crippen molar-refractivity contribution in [3.05, 3.63) is 23.2 Å². The molecule has 1 unspecified atom stereocenters. The van der Waals surface area contributed by atoms with Gasteiger partial charge in [-0.05, 0) is 31.0 Å². The van der Waals surface area contributed by atoms with Crippen molar-refractivity contribution in [3.8, 4) is 0 Å². The second-order valence-electron chi connectivity index (χ2n) is 4.85. The summed E-state index contributed by atoms with van der Waals surface area (Å²) in [7, 11) is 0. The number of nitrogens with two attached hydrogens (primary N) is 1. The topological polar surface area (TPSA) is 64.3 Å². The van der Waals surface area contributed by atoms with Gasteiger partial charge in [0.25, 0.3) is 0 Å². The molecule has 0 spiro atoms. The molecule has 1 atom stereocenters. The Morgan fingerprint density at radius 1 is 1.42 bits per heavy atom. The first-order valence-electron chi connectivity index (χ1n) is 6.36. The number of halogens is 1. The zero-order chi connectivity index (χ0) is 14.4. The van der Waals surface area contributed by atoms with E-state index in [-0.39, 0.29) is 12.0 Å². The molecular weight excluding hydrogens is 264 g/mol. The van der Waals surface area contributed by atoms with Crippen LogP contribution in [0.15, 0.2) is 18.2 Å². The molecule has 0 aliphatic carbocycles. The van der Waals surface area contributed by atoms with Gasteiger partial charge >= 0.3 is 0 Å². The fourth-order valence-corrected chi connectivity index (χ4v) is 1.57. The number of hydrogen-bond acceptors (Lipinski definition) is 3. The van der Waals surface area contributed by atoms with Crippen molar-refractivity contribution in [2.24, 2.45) is 5.92 Å². The minimum Gasteiger partial charge on any atom is -0.397 e. The lowest BCUT2D eigenvalue weighted by atomic mass is 10.1. The lowest BCUT2D eigenvalue weighted by Crippen LogP contribution is -2.20. The first-order valence-corrected chi connectivity index (χ1v) is 6.74. The Labute approximate surface area is 119 Å². The smallest absolute Gasteiger partial charge is 0.226 e. The number of hydrogen-bond donors (Lipinski definition) is 2. The van der Waals surface area contributed by atoms with E-state index in [9.17, 15) is 4.79 Å². The van der Waals surface area contributed by atoms with E-state index >= 15 is 0 Å². The highest BCUT2D eigenvalue weighted by Crippen LogP contribution is 2.22.